The van der Waals surface area contributed by atoms with Gasteiger partial charge >= 0.3 is 5.97 Å². The normalized spacial score (nSPS) is 40.5. The van der Waals surface area contributed by atoms with Gasteiger partial charge in [-0.3, -0.25) is 4.79 Å². The van der Waals surface area contributed by atoms with E-state index in [2.05, 4.69) is 27.7 Å². The molecule has 1 fully saturated rings. The first-order chi connectivity index (χ1) is 6.49. The van der Waals surface area contributed by atoms with Crippen LogP contribution in [0.25, 0.3) is 0 Å². The predicted molar refractivity (Wildman–Crippen MR) is 56.8 cm³/mol. The van der Waals surface area contributed by atoms with Crippen molar-refractivity contribution in [2.45, 2.75) is 47.1 Å². The molecule has 0 saturated carbocycles. The number of hydrogen-bond acceptors (Lipinski definition) is 2. The second-order valence-corrected chi connectivity index (χ2v) is 4.79. The summed E-state index contributed by atoms with van der Waals surface area (Å²) in [5, 5.41) is 0. The third kappa shape index (κ3) is 1.94. The average molecular weight is 198 g/mol. The molecule has 0 bridgehead atoms. The molecule has 0 aromatic rings. The van der Waals surface area contributed by atoms with Crippen LogP contribution in [0.15, 0.2) is 0 Å². The van der Waals surface area contributed by atoms with Gasteiger partial charge in [0, 0.05) is 0 Å². The zero-order chi connectivity index (χ0) is 10.9. The van der Waals surface area contributed by atoms with Crippen LogP contribution in [0, 0.1) is 23.7 Å². The summed E-state index contributed by atoms with van der Waals surface area (Å²) in [6, 6.07) is 0. The van der Waals surface area contributed by atoms with Gasteiger partial charge in [0.15, 0.2) is 0 Å². The number of hydrogen-bond donors (Lipinski definition) is 0. The number of carbonyl (C=O) groups is 1. The first-order valence-corrected chi connectivity index (χ1v) is 5.69. The van der Waals surface area contributed by atoms with Crippen molar-refractivity contribution >= 4 is 5.97 Å². The molecule has 1 saturated heterocycles. The average Bonchev–Trinajstić information content (AvgIpc) is 2.19. The van der Waals surface area contributed by atoms with Crippen LogP contribution in [0.3, 0.4) is 0 Å². The second-order valence-electron chi connectivity index (χ2n) is 4.79. The standard InChI is InChI=1S/C12H22O2/c1-6-7(2)11-9(4)8(3)10(5)12(13)14-11/h7-11H,6H2,1-5H3. The highest BCUT2D eigenvalue weighted by Crippen LogP contribution is 2.35. The van der Waals surface area contributed by atoms with Gasteiger partial charge in [0.2, 0.25) is 0 Å². The van der Waals surface area contributed by atoms with E-state index in [1.54, 1.807) is 0 Å². The second kappa shape index (κ2) is 4.33. The largest absolute Gasteiger partial charge is 0.462 e. The minimum atomic E-state index is -0.0131. The van der Waals surface area contributed by atoms with Crippen LogP contribution in [-0.4, -0.2) is 12.1 Å². The van der Waals surface area contributed by atoms with Crippen molar-refractivity contribution in [3.63, 3.8) is 0 Å². The molecule has 2 nitrogen and oxygen atoms in total. The van der Waals surface area contributed by atoms with Crippen molar-refractivity contribution in [3.05, 3.63) is 0 Å². The minimum absolute atomic E-state index is 0.0131. The molecule has 0 amide bonds. The molecule has 1 heterocycles. The highest BCUT2D eigenvalue weighted by molar-refractivity contribution is 5.73. The van der Waals surface area contributed by atoms with Crippen LogP contribution in [0.4, 0.5) is 0 Å². The molecule has 82 valence electrons. The fourth-order valence-electron chi connectivity index (χ4n) is 2.18. The monoisotopic (exact) mass is 198 g/mol. The summed E-state index contributed by atoms with van der Waals surface area (Å²) in [5.74, 6) is 1.45. The van der Waals surface area contributed by atoms with Gasteiger partial charge < -0.3 is 4.74 Å². The zero-order valence-electron chi connectivity index (χ0n) is 9.91. The van der Waals surface area contributed by atoms with Gasteiger partial charge in [-0.1, -0.05) is 41.0 Å². The topological polar surface area (TPSA) is 26.3 Å². The number of esters is 1. The van der Waals surface area contributed by atoms with Gasteiger partial charge in [-0.15, -0.1) is 0 Å². The van der Waals surface area contributed by atoms with E-state index in [1.165, 1.54) is 0 Å². The molecule has 0 radical (unpaired) electrons. The van der Waals surface area contributed by atoms with Gasteiger partial charge in [-0.25, -0.2) is 0 Å². The quantitative estimate of drug-likeness (QED) is 0.638. The molecular weight excluding hydrogens is 176 g/mol. The van der Waals surface area contributed by atoms with E-state index >= 15 is 0 Å². The molecule has 0 aromatic carbocycles. The van der Waals surface area contributed by atoms with Crippen molar-refractivity contribution in [2.24, 2.45) is 23.7 Å². The Bertz CT molecular complexity index is 212. The molecule has 0 spiro atoms. The molecule has 1 rings (SSSR count). The zero-order valence-corrected chi connectivity index (χ0v) is 9.91. The molecule has 0 aromatic heterocycles. The number of carbonyl (C=O) groups excluding carboxylic acids is 1. The van der Waals surface area contributed by atoms with Crippen LogP contribution < -0.4 is 0 Å². The van der Waals surface area contributed by atoms with Crippen molar-refractivity contribution < 1.29 is 9.53 Å². The van der Waals surface area contributed by atoms with E-state index in [0.29, 0.717) is 17.8 Å². The molecule has 1 aliphatic rings. The maximum Gasteiger partial charge on any atom is 0.309 e. The lowest BCUT2D eigenvalue weighted by atomic mass is 9.75. The van der Waals surface area contributed by atoms with Gasteiger partial charge in [0.25, 0.3) is 0 Å². The molecule has 2 heteroatoms. The van der Waals surface area contributed by atoms with E-state index < -0.39 is 0 Å². The molecule has 5 atom stereocenters. The first-order valence-electron chi connectivity index (χ1n) is 5.69. The van der Waals surface area contributed by atoms with Crippen molar-refractivity contribution in [1.29, 1.82) is 0 Å². The summed E-state index contributed by atoms with van der Waals surface area (Å²) in [6.07, 6.45) is 1.20. The number of ether oxygens (including phenoxy) is 1. The highest BCUT2D eigenvalue weighted by Gasteiger charge is 2.40. The number of cyclic esters (lactones) is 1. The Morgan fingerprint density at radius 1 is 1.29 bits per heavy atom. The Morgan fingerprint density at radius 2 is 1.86 bits per heavy atom. The lowest BCUT2D eigenvalue weighted by Crippen LogP contribution is -2.44. The van der Waals surface area contributed by atoms with Gasteiger partial charge in [-0.05, 0) is 17.8 Å². The molecule has 14 heavy (non-hydrogen) atoms. The van der Waals surface area contributed by atoms with Crippen LogP contribution >= 0.6 is 0 Å². The van der Waals surface area contributed by atoms with Crippen LogP contribution in [0.1, 0.15) is 41.0 Å². The predicted octanol–water partition coefficient (Wildman–Crippen LogP) is 2.87. The minimum Gasteiger partial charge on any atom is -0.462 e. The van der Waals surface area contributed by atoms with Gasteiger partial charge in [0.05, 0.1) is 5.92 Å². The van der Waals surface area contributed by atoms with Crippen molar-refractivity contribution in [2.75, 3.05) is 0 Å². The smallest absolute Gasteiger partial charge is 0.309 e. The highest BCUT2D eigenvalue weighted by atomic mass is 16.5. The summed E-state index contributed by atoms with van der Waals surface area (Å²) < 4.78 is 5.50. The molecule has 5 unspecified atom stereocenters. The Labute approximate surface area is 87.0 Å². The van der Waals surface area contributed by atoms with Crippen LogP contribution in [0.5, 0.6) is 0 Å². The molecular formula is C12H22O2. The summed E-state index contributed by atoms with van der Waals surface area (Å²) >= 11 is 0. The van der Waals surface area contributed by atoms with E-state index in [4.69, 9.17) is 4.74 Å². The van der Waals surface area contributed by atoms with E-state index in [-0.39, 0.29) is 18.0 Å². The van der Waals surface area contributed by atoms with Crippen LogP contribution in [-0.2, 0) is 9.53 Å². The maximum absolute atomic E-state index is 11.6. The third-order valence-electron chi connectivity index (χ3n) is 3.97. The maximum atomic E-state index is 11.6. The van der Waals surface area contributed by atoms with Crippen LogP contribution in [0.2, 0.25) is 0 Å². The Hall–Kier alpha value is -0.530. The fraction of sp³-hybridized carbons (Fsp3) is 0.917. The molecule has 0 aliphatic carbocycles. The van der Waals surface area contributed by atoms with Crippen molar-refractivity contribution in [1.82, 2.24) is 0 Å². The number of rotatable bonds is 2. The van der Waals surface area contributed by atoms with E-state index in [1.807, 2.05) is 6.92 Å². The van der Waals surface area contributed by atoms with Gasteiger partial charge in [-0.2, -0.15) is 0 Å². The fourth-order valence-corrected chi connectivity index (χ4v) is 2.18. The SMILES string of the molecule is CCC(C)C1OC(=O)C(C)C(C)C1C. The van der Waals surface area contributed by atoms with Crippen molar-refractivity contribution in [3.8, 4) is 0 Å². The first kappa shape index (κ1) is 11.5. The lowest BCUT2D eigenvalue weighted by molar-refractivity contribution is -0.174. The van der Waals surface area contributed by atoms with E-state index in [9.17, 15) is 4.79 Å². The Balaban J connectivity index is 2.75. The summed E-state index contributed by atoms with van der Waals surface area (Å²) in [5.41, 5.74) is 0. The molecule has 1 aliphatic heterocycles. The summed E-state index contributed by atoms with van der Waals surface area (Å²) in [7, 11) is 0. The molecule has 0 N–H and O–H groups in total. The third-order valence-corrected chi connectivity index (χ3v) is 3.97. The lowest BCUT2D eigenvalue weighted by Gasteiger charge is -2.40. The van der Waals surface area contributed by atoms with Gasteiger partial charge in [0.1, 0.15) is 6.10 Å². The van der Waals surface area contributed by atoms with E-state index in [0.717, 1.165) is 6.42 Å². The Kier molecular flexibility index (Phi) is 3.57. The summed E-state index contributed by atoms with van der Waals surface area (Å²) in [6.45, 7) is 10.6. The summed E-state index contributed by atoms with van der Waals surface area (Å²) in [4.78, 5) is 11.6. The Morgan fingerprint density at radius 3 is 2.36 bits per heavy atom.